The minimum atomic E-state index is -0.412. The van der Waals surface area contributed by atoms with Gasteiger partial charge in [0.05, 0.1) is 30.8 Å². The molecule has 2 fully saturated rings. The Hall–Kier alpha value is -2.27. The lowest BCUT2D eigenvalue weighted by Gasteiger charge is -2.27. The standard InChI is InChI=1S/C20H23N3O5S2/c1-27-19(26)15-6-4-14(5-7-15)13-16-18(25)23(20(29)30-16)8-2-3-17(24)21-22-9-11-28-12-10-22/h4-7,13H,2-3,8-12H2,1H3,(H,21,24). The minimum absolute atomic E-state index is 0.0800. The van der Waals surface area contributed by atoms with Gasteiger partial charge in [-0.1, -0.05) is 36.1 Å². The van der Waals surface area contributed by atoms with Gasteiger partial charge in [-0.3, -0.25) is 19.9 Å². The highest BCUT2D eigenvalue weighted by molar-refractivity contribution is 8.26. The lowest BCUT2D eigenvalue weighted by Crippen LogP contribution is -2.48. The lowest BCUT2D eigenvalue weighted by atomic mass is 10.1. The Balaban J connectivity index is 1.51. The summed E-state index contributed by atoms with van der Waals surface area (Å²) in [6.45, 7) is 2.95. The Kier molecular flexibility index (Phi) is 7.97. The zero-order valence-electron chi connectivity index (χ0n) is 16.6. The largest absolute Gasteiger partial charge is 0.465 e. The maximum Gasteiger partial charge on any atom is 0.337 e. The highest BCUT2D eigenvalue weighted by atomic mass is 32.2. The zero-order chi connectivity index (χ0) is 21.5. The quantitative estimate of drug-likeness (QED) is 0.383. The molecule has 0 aromatic heterocycles. The van der Waals surface area contributed by atoms with Crippen LogP contribution in [-0.4, -0.2) is 72.0 Å². The zero-order valence-corrected chi connectivity index (χ0v) is 18.2. The van der Waals surface area contributed by atoms with E-state index in [4.69, 9.17) is 17.0 Å². The maximum atomic E-state index is 12.7. The van der Waals surface area contributed by atoms with Crippen molar-refractivity contribution in [2.75, 3.05) is 40.0 Å². The number of rotatable bonds is 7. The van der Waals surface area contributed by atoms with Gasteiger partial charge < -0.3 is 9.47 Å². The summed E-state index contributed by atoms with van der Waals surface area (Å²) in [5.74, 6) is -0.662. The molecule has 1 N–H and O–H groups in total. The van der Waals surface area contributed by atoms with Crippen LogP contribution in [0.1, 0.15) is 28.8 Å². The van der Waals surface area contributed by atoms with E-state index in [1.165, 1.54) is 23.8 Å². The first-order valence-electron chi connectivity index (χ1n) is 9.54. The molecule has 0 saturated carbocycles. The van der Waals surface area contributed by atoms with Crippen molar-refractivity contribution in [3.63, 3.8) is 0 Å². The van der Waals surface area contributed by atoms with Gasteiger partial charge in [-0.05, 0) is 30.2 Å². The number of hydrazine groups is 1. The average molecular weight is 450 g/mol. The van der Waals surface area contributed by atoms with Crippen molar-refractivity contribution >= 4 is 52.2 Å². The summed E-state index contributed by atoms with van der Waals surface area (Å²) < 4.78 is 10.4. The smallest absolute Gasteiger partial charge is 0.337 e. The van der Waals surface area contributed by atoms with Gasteiger partial charge in [0, 0.05) is 26.1 Å². The van der Waals surface area contributed by atoms with Crippen LogP contribution in [0.25, 0.3) is 6.08 Å². The van der Waals surface area contributed by atoms with Crippen molar-refractivity contribution in [1.29, 1.82) is 0 Å². The van der Waals surface area contributed by atoms with Crippen LogP contribution in [-0.2, 0) is 19.1 Å². The van der Waals surface area contributed by atoms with Gasteiger partial charge in [0.25, 0.3) is 5.91 Å². The van der Waals surface area contributed by atoms with E-state index in [2.05, 4.69) is 10.2 Å². The van der Waals surface area contributed by atoms with Gasteiger partial charge in [-0.2, -0.15) is 0 Å². The van der Waals surface area contributed by atoms with Crippen molar-refractivity contribution in [3.8, 4) is 0 Å². The first kappa shape index (κ1) is 22.4. The normalized spacial score (nSPS) is 18.7. The topological polar surface area (TPSA) is 88.2 Å². The molecule has 160 valence electrons. The summed E-state index contributed by atoms with van der Waals surface area (Å²) in [5, 5.41) is 1.85. The molecule has 10 heteroatoms. The van der Waals surface area contributed by atoms with Crippen LogP contribution in [0.4, 0.5) is 0 Å². The molecule has 2 aliphatic rings. The van der Waals surface area contributed by atoms with Gasteiger partial charge in [0.15, 0.2) is 0 Å². The number of methoxy groups -OCH3 is 1. The molecule has 0 unspecified atom stereocenters. The number of hydrogen-bond acceptors (Lipinski definition) is 8. The second-order valence-electron chi connectivity index (χ2n) is 6.68. The minimum Gasteiger partial charge on any atom is -0.465 e. The number of esters is 1. The molecule has 0 atom stereocenters. The molecule has 30 heavy (non-hydrogen) atoms. The molecule has 8 nitrogen and oxygen atoms in total. The number of ether oxygens (including phenoxy) is 2. The Morgan fingerprint density at radius 3 is 2.63 bits per heavy atom. The highest BCUT2D eigenvalue weighted by Crippen LogP contribution is 2.32. The molecule has 2 aliphatic heterocycles. The number of benzene rings is 1. The van der Waals surface area contributed by atoms with Crippen LogP contribution in [0.3, 0.4) is 0 Å². The van der Waals surface area contributed by atoms with Crippen molar-refractivity contribution < 1.29 is 23.9 Å². The van der Waals surface area contributed by atoms with Crippen molar-refractivity contribution in [2.45, 2.75) is 12.8 Å². The molecular weight excluding hydrogens is 426 g/mol. The third-order valence-corrected chi connectivity index (χ3v) is 5.96. The lowest BCUT2D eigenvalue weighted by molar-refractivity contribution is -0.128. The fourth-order valence-corrected chi connectivity index (χ4v) is 4.29. The molecule has 0 radical (unpaired) electrons. The number of carbonyl (C=O) groups is 3. The summed E-state index contributed by atoms with van der Waals surface area (Å²) in [5.41, 5.74) is 4.08. The second-order valence-corrected chi connectivity index (χ2v) is 8.36. The Bertz CT molecular complexity index is 851. The molecule has 1 aromatic carbocycles. The number of nitrogens with zero attached hydrogens (tertiary/aromatic N) is 2. The van der Waals surface area contributed by atoms with Crippen molar-refractivity contribution in [2.24, 2.45) is 0 Å². The number of nitrogens with one attached hydrogen (secondary N) is 1. The maximum absolute atomic E-state index is 12.7. The van der Waals surface area contributed by atoms with Crippen LogP contribution < -0.4 is 5.43 Å². The number of hydrogen-bond donors (Lipinski definition) is 1. The van der Waals surface area contributed by atoms with E-state index in [-0.39, 0.29) is 11.8 Å². The molecule has 2 amide bonds. The van der Waals surface area contributed by atoms with Crippen LogP contribution in [0.15, 0.2) is 29.2 Å². The third-order valence-electron chi connectivity index (χ3n) is 4.58. The van der Waals surface area contributed by atoms with Gasteiger partial charge >= 0.3 is 5.97 Å². The van der Waals surface area contributed by atoms with E-state index in [0.29, 0.717) is 60.5 Å². The molecule has 1 aromatic rings. The number of thioether (sulfide) groups is 1. The number of thiocarbonyl (C=S) groups is 1. The molecule has 3 rings (SSSR count). The monoisotopic (exact) mass is 449 g/mol. The van der Waals surface area contributed by atoms with Crippen molar-refractivity contribution in [3.05, 3.63) is 40.3 Å². The van der Waals surface area contributed by atoms with Gasteiger partial charge in [0.1, 0.15) is 4.32 Å². The second kappa shape index (κ2) is 10.7. The predicted molar refractivity (Wildman–Crippen MR) is 117 cm³/mol. The summed E-state index contributed by atoms with van der Waals surface area (Å²) in [6.07, 6.45) is 2.57. The van der Waals surface area contributed by atoms with Gasteiger partial charge in [-0.25, -0.2) is 9.80 Å². The average Bonchev–Trinajstić information content (AvgIpc) is 3.01. The molecule has 2 saturated heterocycles. The van der Waals surface area contributed by atoms with E-state index < -0.39 is 5.97 Å². The van der Waals surface area contributed by atoms with E-state index in [9.17, 15) is 14.4 Å². The molecule has 0 spiro atoms. The molecule has 0 aliphatic carbocycles. The predicted octanol–water partition coefficient (Wildman–Crippen LogP) is 1.82. The van der Waals surface area contributed by atoms with Crippen LogP contribution in [0.2, 0.25) is 0 Å². The SMILES string of the molecule is COC(=O)c1ccc(C=C2SC(=S)N(CCCC(=O)NN3CCOCC3)C2=O)cc1. The summed E-state index contributed by atoms with van der Waals surface area (Å²) in [7, 11) is 1.33. The highest BCUT2D eigenvalue weighted by Gasteiger charge is 2.31. The third kappa shape index (κ3) is 5.88. The van der Waals surface area contributed by atoms with E-state index in [0.717, 1.165) is 5.56 Å². The molecule has 0 bridgehead atoms. The summed E-state index contributed by atoms with van der Waals surface area (Å²) in [6, 6.07) is 6.78. The van der Waals surface area contributed by atoms with E-state index in [1.807, 2.05) is 5.01 Å². The number of carbonyl (C=O) groups excluding carboxylic acids is 3. The van der Waals surface area contributed by atoms with Gasteiger partial charge in [-0.15, -0.1) is 0 Å². The van der Waals surface area contributed by atoms with E-state index in [1.54, 1.807) is 30.3 Å². The Morgan fingerprint density at radius 2 is 1.97 bits per heavy atom. The number of morpholine rings is 1. The molecule has 2 heterocycles. The van der Waals surface area contributed by atoms with E-state index >= 15 is 0 Å². The van der Waals surface area contributed by atoms with Crippen LogP contribution in [0.5, 0.6) is 0 Å². The Morgan fingerprint density at radius 1 is 1.27 bits per heavy atom. The first-order chi connectivity index (χ1) is 14.5. The Labute approximate surface area is 184 Å². The summed E-state index contributed by atoms with van der Waals surface area (Å²) in [4.78, 5) is 38.3. The summed E-state index contributed by atoms with van der Waals surface area (Å²) >= 11 is 6.57. The van der Waals surface area contributed by atoms with Crippen molar-refractivity contribution in [1.82, 2.24) is 15.3 Å². The number of amides is 2. The van der Waals surface area contributed by atoms with Crippen LogP contribution >= 0.6 is 24.0 Å². The molecular formula is C20H23N3O5S2. The van der Waals surface area contributed by atoms with Gasteiger partial charge in [0.2, 0.25) is 5.91 Å². The fraction of sp³-hybridized carbons (Fsp3) is 0.400. The first-order valence-corrected chi connectivity index (χ1v) is 10.8. The van der Waals surface area contributed by atoms with Crippen LogP contribution in [0, 0.1) is 0 Å². The fourth-order valence-electron chi connectivity index (χ4n) is 2.98.